The molecule has 0 radical (unpaired) electrons. The molecular formula is C29H25Cl2NO2. The molecule has 34 heavy (non-hydrogen) atoms. The number of hydrogen-bond donors (Lipinski definition) is 1. The van der Waals surface area contributed by atoms with E-state index in [1.807, 2.05) is 24.3 Å². The minimum atomic E-state index is -0.908. The van der Waals surface area contributed by atoms with E-state index in [1.165, 1.54) is 21.9 Å². The van der Waals surface area contributed by atoms with Gasteiger partial charge in [0, 0.05) is 29.2 Å². The second-order valence-electron chi connectivity index (χ2n) is 9.19. The van der Waals surface area contributed by atoms with Crippen molar-refractivity contribution in [1.82, 2.24) is 4.90 Å². The molecule has 2 atom stereocenters. The highest BCUT2D eigenvalue weighted by Gasteiger charge is 2.34. The molecule has 5 rings (SSSR count). The molecule has 4 aromatic rings. The molecule has 1 aliphatic heterocycles. The Labute approximate surface area is 209 Å². The Bertz CT molecular complexity index is 1350. The van der Waals surface area contributed by atoms with Crippen molar-refractivity contribution >= 4 is 39.9 Å². The van der Waals surface area contributed by atoms with E-state index in [9.17, 15) is 9.90 Å². The van der Waals surface area contributed by atoms with Crippen LogP contribution in [-0.2, 0) is 6.54 Å². The Kier molecular flexibility index (Phi) is 6.35. The van der Waals surface area contributed by atoms with Crippen LogP contribution in [0.15, 0.2) is 78.9 Å². The number of nitrogens with zero attached hydrogens (tertiary/aromatic N) is 1. The summed E-state index contributed by atoms with van der Waals surface area (Å²) in [4.78, 5) is 13.7. The molecule has 172 valence electrons. The Morgan fingerprint density at radius 2 is 1.56 bits per heavy atom. The lowest BCUT2D eigenvalue weighted by atomic mass is 9.93. The SMILES string of the molecule is Cc1ccc2cc([C@H]3C[C@@H](c4cc(Cl)cc(Cl)c4)CN3Cc3ccc(C(=O)O)cc3)ccc2c1. The molecule has 0 saturated carbocycles. The van der Waals surface area contributed by atoms with Gasteiger partial charge in [-0.1, -0.05) is 71.2 Å². The number of carboxylic acid groups (broad SMARTS) is 1. The zero-order valence-electron chi connectivity index (χ0n) is 18.8. The standard InChI is InChI=1S/C29H25Cl2NO2/c1-18-2-5-22-11-23(9-8-21(22)10-18)28-14-25(24-12-26(30)15-27(31)13-24)17-32(28)16-19-3-6-20(7-4-19)29(33)34/h2-13,15,25,28H,14,16-17H2,1H3,(H,33,34)/t25-,28-/m1/s1. The predicted molar refractivity (Wildman–Crippen MR) is 139 cm³/mol. The first kappa shape index (κ1) is 22.9. The Morgan fingerprint density at radius 3 is 2.26 bits per heavy atom. The lowest BCUT2D eigenvalue weighted by Gasteiger charge is -2.25. The van der Waals surface area contributed by atoms with Crippen LogP contribution in [0.25, 0.3) is 10.8 Å². The lowest BCUT2D eigenvalue weighted by Crippen LogP contribution is -2.23. The van der Waals surface area contributed by atoms with Gasteiger partial charge in [0.1, 0.15) is 0 Å². The first-order chi connectivity index (χ1) is 16.4. The lowest BCUT2D eigenvalue weighted by molar-refractivity contribution is 0.0697. The third-order valence-corrected chi connectivity index (χ3v) is 7.19. The number of carbonyl (C=O) groups is 1. The van der Waals surface area contributed by atoms with E-state index in [0.717, 1.165) is 30.6 Å². The van der Waals surface area contributed by atoms with Crippen molar-refractivity contribution in [2.24, 2.45) is 0 Å². The van der Waals surface area contributed by atoms with Gasteiger partial charge >= 0.3 is 5.97 Å². The van der Waals surface area contributed by atoms with Crippen molar-refractivity contribution in [1.29, 1.82) is 0 Å². The van der Waals surface area contributed by atoms with Crippen LogP contribution < -0.4 is 0 Å². The van der Waals surface area contributed by atoms with Crippen LogP contribution in [0.5, 0.6) is 0 Å². The molecule has 4 aromatic carbocycles. The maximum Gasteiger partial charge on any atom is 0.335 e. The van der Waals surface area contributed by atoms with Gasteiger partial charge in [0.2, 0.25) is 0 Å². The number of benzene rings is 4. The highest BCUT2D eigenvalue weighted by Crippen LogP contribution is 2.43. The van der Waals surface area contributed by atoms with Crippen LogP contribution in [0, 0.1) is 6.92 Å². The zero-order chi connectivity index (χ0) is 23.8. The average molecular weight is 490 g/mol. The summed E-state index contributed by atoms with van der Waals surface area (Å²) in [6.07, 6.45) is 0.960. The minimum Gasteiger partial charge on any atom is -0.478 e. The van der Waals surface area contributed by atoms with Crippen LogP contribution in [-0.4, -0.2) is 22.5 Å². The number of likely N-dealkylation sites (tertiary alicyclic amines) is 1. The summed E-state index contributed by atoms with van der Waals surface area (Å²) >= 11 is 12.6. The molecule has 0 bridgehead atoms. The monoisotopic (exact) mass is 489 g/mol. The van der Waals surface area contributed by atoms with Crippen molar-refractivity contribution in [3.63, 3.8) is 0 Å². The van der Waals surface area contributed by atoms with Gasteiger partial charge < -0.3 is 5.11 Å². The quantitative estimate of drug-likeness (QED) is 0.309. The largest absolute Gasteiger partial charge is 0.478 e. The van der Waals surface area contributed by atoms with E-state index in [-0.39, 0.29) is 6.04 Å². The van der Waals surface area contributed by atoms with Gasteiger partial charge in [-0.3, -0.25) is 4.90 Å². The Balaban J connectivity index is 1.49. The summed E-state index contributed by atoms with van der Waals surface area (Å²) in [5.74, 6) is -0.608. The molecule has 1 N–H and O–H groups in total. The minimum absolute atomic E-state index is 0.229. The van der Waals surface area contributed by atoms with Crippen LogP contribution in [0.2, 0.25) is 10.0 Å². The smallest absolute Gasteiger partial charge is 0.335 e. The number of rotatable bonds is 5. The molecule has 0 unspecified atom stereocenters. The summed E-state index contributed by atoms with van der Waals surface area (Å²) < 4.78 is 0. The number of fused-ring (bicyclic) bond motifs is 1. The number of aryl methyl sites for hydroxylation is 1. The molecule has 1 fully saturated rings. The molecule has 3 nitrogen and oxygen atoms in total. The van der Waals surface area contributed by atoms with Crippen LogP contribution in [0.1, 0.15) is 51.0 Å². The second kappa shape index (κ2) is 9.42. The fraction of sp³-hybridized carbons (Fsp3) is 0.207. The number of hydrogen-bond acceptors (Lipinski definition) is 2. The molecule has 0 spiro atoms. The molecule has 5 heteroatoms. The summed E-state index contributed by atoms with van der Waals surface area (Å²) in [5, 5.41) is 13.0. The van der Waals surface area contributed by atoms with Gasteiger partial charge in [-0.25, -0.2) is 4.79 Å². The van der Waals surface area contributed by atoms with Crippen molar-refractivity contribution in [3.05, 3.63) is 117 Å². The third kappa shape index (κ3) is 4.83. The van der Waals surface area contributed by atoms with E-state index in [1.54, 1.807) is 18.2 Å². The summed E-state index contributed by atoms with van der Waals surface area (Å²) in [6.45, 7) is 3.72. The predicted octanol–water partition coefficient (Wildman–Crippen LogP) is 7.88. The molecule has 0 amide bonds. The van der Waals surface area contributed by atoms with Gasteiger partial charge in [0.25, 0.3) is 0 Å². The fourth-order valence-electron chi connectivity index (χ4n) is 5.06. The summed E-state index contributed by atoms with van der Waals surface area (Å²) in [6, 6.07) is 26.5. The van der Waals surface area contributed by atoms with Crippen molar-refractivity contribution < 1.29 is 9.90 Å². The second-order valence-corrected chi connectivity index (χ2v) is 10.1. The first-order valence-electron chi connectivity index (χ1n) is 11.4. The highest BCUT2D eigenvalue weighted by atomic mass is 35.5. The van der Waals surface area contributed by atoms with E-state index >= 15 is 0 Å². The van der Waals surface area contributed by atoms with Gasteiger partial charge in [-0.05, 0) is 83.1 Å². The van der Waals surface area contributed by atoms with Crippen molar-refractivity contribution in [2.45, 2.75) is 31.8 Å². The van der Waals surface area contributed by atoms with Crippen molar-refractivity contribution in [2.75, 3.05) is 6.54 Å². The van der Waals surface area contributed by atoms with E-state index in [0.29, 0.717) is 21.5 Å². The van der Waals surface area contributed by atoms with E-state index < -0.39 is 5.97 Å². The Hall–Kier alpha value is -2.85. The first-order valence-corrected chi connectivity index (χ1v) is 12.1. The van der Waals surface area contributed by atoms with Gasteiger partial charge in [0.15, 0.2) is 0 Å². The highest BCUT2D eigenvalue weighted by molar-refractivity contribution is 6.34. The molecule has 1 aliphatic rings. The normalized spacial score (nSPS) is 18.4. The molecule has 0 aromatic heterocycles. The topological polar surface area (TPSA) is 40.5 Å². The van der Waals surface area contributed by atoms with Gasteiger partial charge in [-0.15, -0.1) is 0 Å². The molecule has 0 aliphatic carbocycles. The molecule has 1 heterocycles. The van der Waals surface area contributed by atoms with E-state index in [4.69, 9.17) is 23.2 Å². The fourth-order valence-corrected chi connectivity index (χ4v) is 5.60. The maximum atomic E-state index is 11.2. The number of halogens is 2. The third-order valence-electron chi connectivity index (χ3n) is 6.75. The van der Waals surface area contributed by atoms with Crippen LogP contribution in [0.4, 0.5) is 0 Å². The van der Waals surface area contributed by atoms with Crippen LogP contribution in [0.3, 0.4) is 0 Å². The average Bonchev–Trinajstić information content (AvgIpc) is 3.22. The van der Waals surface area contributed by atoms with Gasteiger partial charge in [-0.2, -0.15) is 0 Å². The number of carboxylic acids is 1. The summed E-state index contributed by atoms with van der Waals surface area (Å²) in [7, 11) is 0. The Morgan fingerprint density at radius 1 is 0.882 bits per heavy atom. The zero-order valence-corrected chi connectivity index (χ0v) is 20.4. The molecule has 1 saturated heterocycles. The van der Waals surface area contributed by atoms with Gasteiger partial charge in [0.05, 0.1) is 5.56 Å². The number of aromatic carboxylic acids is 1. The maximum absolute atomic E-state index is 11.2. The molecular weight excluding hydrogens is 465 g/mol. The van der Waals surface area contributed by atoms with Crippen LogP contribution >= 0.6 is 23.2 Å². The van der Waals surface area contributed by atoms with Crippen molar-refractivity contribution in [3.8, 4) is 0 Å². The summed E-state index contributed by atoms with van der Waals surface area (Å²) in [5.41, 5.74) is 5.09. The van der Waals surface area contributed by atoms with E-state index in [2.05, 4.69) is 48.2 Å².